The maximum Gasteiger partial charge on any atom is 0.225 e. The van der Waals surface area contributed by atoms with Crippen molar-refractivity contribution in [1.29, 1.82) is 0 Å². The van der Waals surface area contributed by atoms with Crippen LogP contribution in [-0.2, 0) is 24.9 Å². The van der Waals surface area contributed by atoms with Gasteiger partial charge in [0.05, 0.1) is 22.6 Å². The van der Waals surface area contributed by atoms with Gasteiger partial charge in [-0.15, -0.1) is 17.5 Å². The second kappa shape index (κ2) is 6.37. The number of nitrogens with zero attached hydrogens (tertiary/aromatic N) is 5. The van der Waals surface area contributed by atoms with Crippen molar-refractivity contribution in [2.24, 2.45) is 7.05 Å². The second-order valence-corrected chi connectivity index (χ2v) is 6.73. The molecule has 0 fully saturated rings. The third kappa shape index (κ3) is 2.57. The van der Waals surface area contributed by atoms with Gasteiger partial charge in [-0.1, -0.05) is 11.3 Å². The summed E-state index contributed by atoms with van der Waals surface area (Å²) >= 11 is 0. The van der Waals surface area contributed by atoms with Crippen molar-refractivity contribution in [2.45, 2.75) is 31.8 Å². The van der Waals surface area contributed by atoms with Crippen molar-refractivity contribution >= 4 is 35.0 Å². The van der Waals surface area contributed by atoms with Crippen molar-refractivity contribution < 1.29 is 4.79 Å². The number of fused-ring (bicyclic) bond motifs is 4. The first-order valence-corrected chi connectivity index (χ1v) is 8.60. The van der Waals surface area contributed by atoms with Crippen LogP contribution >= 0.6 is 12.4 Å². The van der Waals surface area contributed by atoms with Crippen molar-refractivity contribution in [3.63, 3.8) is 0 Å². The Morgan fingerprint density at radius 3 is 3.08 bits per heavy atom. The molecule has 2 aromatic heterocycles. The molecule has 0 spiro atoms. The number of aryl methyl sites for hydroxylation is 2. The van der Waals surface area contributed by atoms with Gasteiger partial charge in [0, 0.05) is 32.5 Å². The predicted molar refractivity (Wildman–Crippen MR) is 99.4 cm³/mol. The van der Waals surface area contributed by atoms with Gasteiger partial charge in [-0.05, 0) is 30.7 Å². The maximum absolute atomic E-state index is 12.3. The van der Waals surface area contributed by atoms with Gasteiger partial charge in [0.15, 0.2) is 0 Å². The number of hydrogen-bond donors (Lipinski definition) is 2. The Morgan fingerprint density at radius 2 is 2.19 bits per heavy atom. The number of rotatable bonds is 1. The van der Waals surface area contributed by atoms with Crippen LogP contribution < -0.4 is 10.6 Å². The molecule has 136 valence electrons. The molecule has 0 bridgehead atoms. The number of carbonyl (C=O) groups is 1. The van der Waals surface area contributed by atoms with E-state index in [0.29, 0.717) is 6.42 Å². The van der Waals surface area contributed by atoms with E-state index in [1.807, 2.05) is 13.1 Å². The summed E-state index contributed by atoms with van der Waals surface area (Å²) in [4.78, 5) is 12.3. The Hall–Kier alpha value is -2.45. The summed E-state index contributed by atoms with van der Waals surface area (Å²) in [5.41, 5.74) is 5.62. The van der Waals surface area contributed by atoms with Gasteiger partial charge < -0.3 is 10.6 Å². The number of benzene rings is 1. The molecule has 2 aliphatic heterocycles. The van der Waals surface area contributed by atoms with Gasteiger partial charge in [-0.3, -0.25) is 9.48 Å². The zero-order chi connectivity index (χ0) is 17.0. The lowest BCUT2D eigenvalue weighted by molar-refractivity contribution is -0.116. The van der Waals surface area contributed by atoms with E-state index < -0.39 is 0 Å². The number of nitrogens with one attached hydrogen (secondary N) is 2. The first kappa shape index (κ1) is 17.0. The highest BCUT2D eigenvalue weighted by atomic mass is 35.5. The average Bonchev–Trinajstić information content (AvgIpc) is 3.11. The summed E-state index contributed by atoms with van der Waals surface area (Å²) in [6.07, 6.45) is 1.47. The zero-order valence-electron chi connectivity index (χ0n) is 14.4. The first-order chi connectivity index (χ1) is 12.2. The number of hydrogen-bond acceptors (Lipinski definition) is 5. The summed E-state index contributed by atoms with van der Waals surface area (Å²) < 4.78 is 3.79. The highest BCUT2D eigenvalue weighted by molar-refractivity contribution is 6.03. The third-order valence-electron chi connectivity index (χ3n) is 5.11. The van der Waals surface area contributed by atoms with Crippen LogP contribution in [0.25, 0.3) is 11.0 Å². The van der Waals surface area contributed by atoms with E-state index in [0.717, 1.165) is 54.0 Å². The Bertz CT molecular complexity index is 969. The summed E-state index contributed by atoms with van der Waals surface area (Å²) in [6.45, 7) is 2.75. The number of halogens is 1. The lowest BCUT2D eigenvalue weighted by Crippen LogP contribution is -2.24. The Kier molecular flexibility index (Phi) is 4.16. The van der Waals surface area contributed by atoms with Gasteiger partial charge in [0.1, 0.15) is 5.52 Å². The molecule has 1 unspecified atom stereocenters. The van der Waals surface area contributed by atoms with Crippen molar-refractivity contribution in [3.05, 3.63) is 35.2 Å². The minimum absolute atomic E-state index is 0. The minimum atomic E-state index is -0.0467. The molecule has 5 rings (SSSR count). The molecule has 1 amide bonds. The van der Waals surface area contributed by atoms with Crippen LogP contribution in [0.1, 0.15) is 35.7 Å². The molecule has 0 saturated carbocycles. The van der Waals surface area contributed by atoms with E-state index in [1.165, 1.54) is 5.69 Å². The number of amides is 1. The Morgan fingerprint density at radius 1 is 1.31 bits per heavy atom. The van der Waals surface area contributed by atoms with Gasteiger partial charge in [0.2, 0.25) is 5.91 Å². The molecule has 1 aromatic carbocycles. The standard InChI is InChI=1S/C17H19N7O.ClH/c1-23-14-4-3-11-12(8-15(25)19-16(11)17(14)20-22-23)13-7-10-9-18-5-2-6-24(10)21-13;/h3-4,7,12,18H,2,5-6,8-9H2,1H3,(H,19,25);1H. The third-order valence-corrected chi connectivity index (χ3v) is 5.11. The molecule has 0 saturated heterocycles. The van der Waals surface area contributed by atoms with Crippen LogP contribution in [0.15, 0.2) is 18.2 Å². The second-order valence-electron chi connectivity index (χ2n) is 6.73. The molecule has 0 aliphatic carbocycles. The molecular formula is C17H20ClN7O. The molecule has 4 heterocycles. The van der Waals surface area contributed by atoms with Gasteiger partial charge >= 0.3 is 0 Å². The fourth-order valence-electron chi connectivity index (χ4n) is 3.84. The lowest BCUT2D eigenvalue weighted by atomic mass is 9.87. The van der Waals surface area contributed by atoms with E-state index in [9.17, 15) is 4.79 Å². The maximum atomic E-state index is 12.3. The van der Waals surface area contributed by atoms with E-state index in [1.54, 1.807) is 4.68 Å². The van der Waals surface area contributed by atoms with E-state index in [-0.39, 0.29) is 24.2 Å². The fraction of sp³-hybridized carbons (Fsp3) is 0.412. The van der Waals surface area contributed by atoms with Crippen LogP contribution in [0, 0.1) is 0 Å². The quantitative estimate of drug-likeness (QED) is 0.675. The Labute approximate surface area is 156 Å². The highest BCUT2D eigenvalue weighted by Gasteiger charge is 2.31. The average molecular weight is 374 g/mol. The summed E-state index contributed by atoms with van der Waals surface area (Å²) in [6, 6.07) is 6.21. The van der Waals surface area contributed by atoms with Gasteiger partial charge in [-0.25, -0.2) is 4.68 Å². The van der Waals surface area contributed by atoms with Crippen LogP contribution in [-0.4, -0.2) is 37.2 Å². The molecule has 2 aliphatic rings. The topological polar surface area (TPSA) is 89.7 Å². The molecule has 3 aromatic rings. The minimum Gasteiger partial charge on any atom is -0.324 e. The lowest BCUT2D eigenvalue weighted by Gasteiger charge is -2.24. The largest absolute Gasteiger partial charge is 0.324 e. The summed E-state index contributed by atoms with van der Waals surface area (Å²) in [5, 5.41) is 19.5. The van der Waals surface area contributed by atoms with E-state index in [4.69, 9.17) is 5.10 Å². The van der Waals surface area contributed by atoms with E-state index in [2.05, 4.69) is 37.8 Å². The smallest absolute Gasteiger partial charge is 0.225 e. The predicted octanol–water partition coefficient (Wildman–Crippen LogP) is 1.55. The van der Waals surface area contributed by atoms with Crippen molar-refractivity contribution in [2.75, 3.05) is 11.9 Å². The van der Waals surface area contributed by atoms with Crippen LogP contribution in [0.2, 0.25) is 0 Å². The normalized spacial score (nSPS) is 19.3. The van der Waals surface area contributed by atoms with E-state index >= 15 is 0 Å². The fourth-order valence-corrected chi connectivity index (χ4v) is 3.84. The molecule has 26 heavy (non-hydrogen) atoms. The summed E-state index contributed by atoms with van der Waals surface area (Å²) in [5.74, 6) is -0.0495. The first-order valence-electron chi connectivity index (χ1n) is 8.60. The number of carbonyl (C=O) groups excluding carboxylic acids is 1. The van der Waals surface area contributed by atoms with Gasteiger partial charge in [-0.2, -0.15) is 5.10 Å². The number of anilines is 1. The monoisotopic (exact) mass is 373 g/mol. The SMILES string of the molecule is Cl.Cn1nnc2c3c(ccc21)C(c1cc2n(n1)CCCNC2)CC(=O)N3. The van der Waals surface area contributed by atoms with Crippen LogP contribution in [0.3, 0.4) is 0 Å². The molecular weight excluding hydrogens is 354 g/mol. The highest BCUT2D eigenvalue weighted by Crippen LogP contribution is 2.40. The zero-order valence-corrected chi connectivity index (χ0v) is 15.2. The molecule has 0 radical (unpaired) electrons. The molecule has 8 nitrogen and oxygen atoms in total. The summed E-state index contributed by atoms with van der Waals surface area (Å²) in [7, 11) is 1.85. The van der Waals surface area contributed by atoms with Crippen LogP contribution in [0.5, 0.6) is 0 Å². The van der Waals surface area contributed by atoms with Gasteiger partial charge in [0.25, 0.3) is 0 Å². The van der Waals surface area contributed by atoms with Crippen molar-refractivity contribution in [3.8, 4) is 0 Å². The molecule has 1 atom stereocenters. The Balaban J connectivity index is 0.00000168. The van der Waals surface area contributed by atoms with Crippen LogP contribution in [0.4, 0.5) is 5.69 Å². The number of aromatic nitrogens is 5. The molecule has 2 N–H and O–H groups in total. The van der Waals surface area contributed by atoms with Crippen molar-refractivity contribution in [1.82, 2.24) is 30.1 Å². The molecule has 9 heteroatoms.